The van der Waals surface area contributed by atoms with Gasteiger partial charge in [0.1, 0.15) is 0 Å². The fourth-order valence-electron chi connectivity index (χ4n) is 2.31. The van der Waals surface area contributed by atoms with Crippen molar-refractivity contribution in [3.05, 3.63) is 52.2 Å². The van der Waals surface area contributed by atoms with Crippen LogP contribution in [0.15, 0.2) is 41.1 Å². The van der Waals surface area contributed by atoms with Gasteiger partial charge in [0.2, 0.25) is 0 Å². The summed E-state index contributed by atoms with van der Waals surface area (Å²) in [5.41, 5.74) is 1.33. The Balaban J connectivity index is 1.70. The number of amides is 2. The largest absolute Gasteiger partial charge is 0.396 e. The lowest BCUT2D eigenvalue weighted by Crippen LogP contribution is -2.32. The van der Waals surface area contributed by atoms with Gasteiger partial charge in [-0.1, -0.05) is 12.1 Å². The molecule has 0 radical (unpaired) electrons. The number of thiophene rings is 1. The first-order valence-electron chi connectivity index (χ1n) is 7.45. The molecule has 1 fully saturated rings. The molecule has 2 aromatic rings. The Kier molecular flexibility index (Phi) is 4.45. The van der Waals surface area contributed by atoms with E-state index in [9.17, 15) is 14.7 Å². The van der Waals surface area contributed by atoms with Crippen LogP contribution in [0.5, 0.6) is 0 Å². The van der Waals surface area contributed by atoms with E-state index in [2.05, 4.69) is 10.6 Å². The molecule has 0 atom stereocenters. The maximum Gasteiger partial charge on any atom is 0.256 e. The second-order valence-corrected chi connectivity index (χ2v) is 6.63. The second kappa shape index (κ2) is 6.52. The van der Waals surface area contributed by atoms with Crippen LogP contribution in [0.3, 0.4) is 0 Å². The van der Waals surface area contributed by atoms with Crippen molar-refractivity contribution in [1.29, 1.82) is 0 Å². The van der Waals surface area contributed by atoms with Gasteiger partial charge in [-0.15, -0.1) is 0 Å². The van der Waals surface area contributed by atoms with E-state index < -0.39 is 0 Å². The topological polar surface area (TPSA) is 78.4 Å². The summed E-state index contributed by atoms with van der Waals surface area (Å²) in [6, 6.07) is 8.65. The molecule has 1 aromatic carbocycles. The molecule has 1 aliphatic rings. The molecule has 0 saturated heterocycles. The lowest BCUT2D eigenvalue weighted by atomic mass is 10.1. The van der Waals surface area contributed by atoms with E-state index in [4.69, 9.17) is 0 Å². The lowest BCUT2D eigenvalue weighted by Gasteiger charge is -2.14. The van der Waals surface area contributed by atoms with E-state index in [1.807, 2.05) is 5.38 Å². The number of aliphatic hydroxyl groups excluding tert-OH is 1. The Morgan fingerprint density at radius 2 is 1.96 bits per heavy atom. The third-order valence-electron chi connectivity index (χ3n) is 4.12. The molecular weight excluding hydrogens is 312 g/mol. The molecule has 1 aliphatic carbocycles. The fourth-order valence-corrected chi connectivity index (χ4v) is 2.94. The van der Waals surface area contributed by atoms with Gasteiger partial charge in [-0.05, 0) is 36.4 Å². The minimum absolute atomic E-state index is 0.0871. The van der Waals surface area contributed by atoms with Crippen LogP contribution in [0.25, 0.3) is 0 Å². The molecule has 1 aromatic heterocycles. The average Bonchev–Trinajstić information content (AvgIpc) is 3.14. The van der Waals surface area contributed by atoms with Crippen molar-refractivity contribution in [1.82, 2.24) is 5.32 Å². The standard InChI is InChI=1S/C17H18N2O3S/c20-11-17(6-7-17)10-18-16(22)13-3-1-2-4-14(13)19-15(21)12-5-8-23-9-12/h1-5,8-9,20H,6-7,10-11H2,(H,18,22)(H,19,21). The van der Waals surface area contributed by atoms with Crippen molar-refractivity contribution in [2.45, 2.75) is 12.8 Å². The number of benzene rings is 1. The lowest BCUT2D eigenvalue weighted by molar-refractivity contribution is 0.0936. The molecule has 0 bridgehead atoms. The number of anilines is 1. The molecule has 23 heavy (non-hydrogen) atoms. The smallest absolute Gasteiger partial charge is 0.256 e. The van der Waals surface area contributed by atoms with Crippen molar-refractivity contribution in [2.24, 2.45) is 5.41 Å². The summed E-state index contributed by atoms with van der Waals surface area (Å²) in [5, 5.41) is 18.5. The van der Waals surface area contributed by atoms with Crippen LogP contribution in [0, 0.1) is 5.41 Å². The van der Waals surface area contributed by atoms with Crippen LogP contribution in [-0.4, -0.2) is 30.1 Å². The SMILES string of the molecule is O=C(Nc1ccccc1C(=O)NCC1(CO)CC1)c1ccsc1. The maximum atomic E-state index is 12.4. The van der Waals surface area contributed by atoms with Gasteiger partial charge >= 0.3 is 0 Å². The molecule has 1 heterocycles. The molecule has 5 nitrogen and oxygen atoms in total. The highest BCUT2D eigenvalue weighted by Gasteiger charge is 2.42. The Morgan fingerprint density at radius 1 is 1.17 bits per heavy atom. The highest BCUT2D eigenvalue weighted by molar-refractivity contribution is 7.08. The first-order chi connectivity index (χ1) is 11.1. The predicted octanol–water partition coefficient (Wildman–Crippen LogP) is 2.50. The van der Waals surface area contributed by atoms with Crippen molar-refractivity contribution < 1.29 is 14.7 Å². The molecular formula is C17H18N2O3S. The quantitative estimate of drug-likeness (QED) is 0.761. The minimum atomic E-state index is -0.244. The summed E-state index contributed by atoms with van der Waals surface area (Å²) in [6.07, 6.45) is 1.86. The summed E-state index contributed by atoms with van der Waals surface area (Å²) in [4.78, 5) is 24.5. The Hall–Kier alpha value is -2.18. The zero-order valence-electron chi connectivity index (χ0n) is 12.5. The van der Waals surface area contributed by atoms with Crippen LogP contribution in [0.4, 0.5) is 5.69 Å². The van der Waals surface area contributed by atoms with Crippen LogP contribution < -0.4 is 10.6 Å². The molecule has 2 amide bonds. The second-order valence-electron chi connectivity index (χ2n) is 5.85. The van der Waals surface area contributed by atoms with Gasteiger partial charge in [0.15, 0.2) is 0 Å². The van der Waals surface area contributed by atoms with E-state index in [-0.39, 0.29) is 23.8 Å². The Bertz CT molecular complexity index is 708. The highest BCUT2D eigenvalue weighted by atomic mass is 32.1. The Labute approximate surface area is 138 Å². The number of hydrogen-bond donors (Lipinski definition) is 3. The van der Waals surface area contributed by atoms with Gasteiger partial charge in [-0.25, -0.2) is 0 Å². The molecule has 3 rings (SSSR count). The number of aliphatic hydroxyl groups is 1. The van der Waals surface area contributed by atoms with Gasteiger partial charge in [-0.2, -0.15) is 11.3 Å². The molecule has 1 saturated carbocycles. The fraction of sp³-hybridized carbons (Fsp3) is 0.294. The number of rotatable bonds is 6. The summed E-state index contributed by atoms with van der Waals surface area (Å²) in [7, 11) is 0. The summed E-state index contributed by atoms with van der Waals surface area (Å²) >= 11 is 1.45. The van der Waals surface area contributed by atoms with Gasteiger partial charge in [-0.3, -0.25) is 9.59 Å². The first kappa shape index (κ1) is 15.7. The van der Waals surface area contributed by atoms with Crippen molar-refractivity contribution in [3.63, 3.8) is 0 Å². The number of nitrogens with one attached hydrogen (secondary N) is 2. The molecule has 120 valence electrons. The number of carbonyl (C=O) groups excluding carboxylic acids is 2. The van der Waals surface area contributed by atoms with Gasteiger partial charge in [0, 0.05) is 17.3 Å². The van der Waals surface area contributed by atoms with E-state index >= 15 is 0 Å². The van der Waals surface area contributed by atoms with Crippen LogP contribution >= 0.6 is 11.3 Å². The highest BCUT2D eigenvalue weighted by Crippen LogP contribution is 2.44. The minimum Gasteiger partial charge on any atom is -0.396 e. The van der Waals surface area contributed by atoms with Crippen molar-refractivity contribution in [2.75, 3.05) is 18.5 Å². The van der Waals surface area contributed by atoms with E-state index in [0.717, 1.165) is 12.8 Å². The number of carbonyl (C=O) groups is 2. The summed E-state index contributed by atoms with van der Waals surface area (Å²) in [5.74, 6) is -0.480. The molecule has 6 heteroatoms. The molecule has 0 unspecified atom stereocenters. The van der Waals surface area contributed by atoms with Crippen molar-refractivity contribution in [3.8, 4) is 0 Å². The normalized spacial score (nSPS) is 15.0. The monoisotopic (exact) mass is 330 g/mol. The third-order valence-corrected chi connectivity index (χ3v) is 4.80. The average molecular weight is 330 g/mol. The Morgan fingerprint density at radius 3 is 2.61 bits per heavy atom. The molecule has 0 aliphatic heterocycles. The van der Waals surface area contributed by atoms with Crippen LogP contribution in [-0.2, 0) is 0 Å². The van der Waals surface area contributed by atoms with Gasteiger partial charge in [0.25, 0.3) is 11.8 Å². The number of hydrogen-bond acceptors (Lipinski definition) is 4. The van der Waals surface area contributed by atoms with E-state index in [1.54, 1.807) is 35.7 Å². The van der Waals surface area contributed by atoms with E-state index in [1.165, 1.54) is 11.3 Å². The van der Waals surface area contributed by atoms with E-state index in [0.29, 0.717) is 23.4 Å². The zero-order valence-corrected chi connectivity index (χ0v) is 13.4. The summed E-state index contributed by atoms with van der Waals surface area (Å²) in [6.45, 7) is 0.541. The maximum absolute atomic E-state index is 12.4. The molecule has 0 spiro atoms. The van der Waals surface area contributed by atoms with Gasteiger partial charge in [0.05, 0.1) is 23.4 Å². The first-order valence-corrected chi connectivity index (χ1v) is 8.39. The van der Waals surface area contributed by atoms with Crippen molar-refractivity contribution >= 4 is 28.8 Å². The van der Waals surface area contributed by atoms with Gasteiger partial charge < -0.3 is 15.7 Å². The third kappa shape index (κ3) is 3.60. The zero-order chi connectivity index (χ0) is 16.3. The number of para-hydroxylation sites is 1. The molecule has 3 N–H and O–H groups in total. The summed E-state index contributed by atoms with van der Waals surface area (Å²) < 4.78 is 0. The van der Waals surface area contributed by atoms with Crippen LogP contribution in [0.2, 0.25) is 0 Å². The van der Waals surface area contributed by atoms with Crippen LogP contribution in [0.1, 0.15) is 33.6 Å². The predicted molar refractivity (Wildman–Crippen MR) is 89.8 cm³/mol.